The number of carbonyl (C=O) groups excluding carboxylic acids is 1. The van der Waals surface area contributed by atoms with Gasteiger partial charge in [0, 0.05) is 14.8 Å². The van der Waals surface area contributed by atoms with Gasteiger partial charge in [0.1, 0.15) is 0 Å². The molecule has 0 aliphatic heterocycles. The lowest BCUT2D eigenvalue weighted by atomic mass is 10.1. The van der Waals surface area contributed by atoms with Gasteiger partial charge < -0.3 is 5.73 Å². The molecule has 0 saturated heterocycles. The Labute approximate surface area is 85.3 Å². The molecule has 0 unspecified atom stereocenters. The minimum atomic E-state index is 0.0646. The second-order valence-corrected chi connectivity index (χ2v) is 3.85. The number of nitrogens with two attached hydrogens (primary N) is 1. The summed E-state index contributed by atoms with van der Waals surface area (Å²) in [6.45, 7) is 3.48. The Morgan fingerprint density at radius 3 is 2.58 bits per heavy atom. The van der Waals surface area contributed by atoms with Gasteiger partial charge in [-0.1, -0.05) is 0 Å². The van der Waals surface area contributed by atoms with Crippen LogP contribution >= 0.6 is 22.6 Å². The molecule has 0 aromatic heterocycles. The van der Waals surface area contributed by atoms with E-state index in [0.717, 1.165) is 9.13 Å². The van der Waals surface area contributed by atoms with Crippen molar-refractivity contribution in [2.45, 2.75) is 13.8 Å². The first kappa shape index (κ1) is 9.51. The maximum absolute atomic E-state index is 11.1. The number of benzene rings is 1. The van der Waals surface area contributed by atoms with Crippen molar-refractivity contribution in [3.63, 3.8) is 0 Å². The number of hydrogen-bond donors (Lipinski definition) is 1. The summed E-state index contributed by atoms with van der Waals surface area (Å²) < 4.78 is 0.853. The highest BCUT2D eigenvalue weighted by Gasteiger charge is 2.07. The standard InChI is InChI=1S/C9H10INO/c1-5-3-7(6(2)12)9(10)8(11)4-5/h3-4H,11H2,1-2H3. The van der Waals surface area contributed by atoms with Crippen molar-refractivity contribution in [2.75, 3.05) is 5.73 Å². The lowest BCUT2D eigenvalue weighted by molar-refractivity contribution is 0.101. The van der Waals surface area contributed by atoms with Gasteiger partial charge in [0.05, 0.1) is 0 Å². The summed E-state index contributed by atoms with van der Waals surface area (Å²) in [6.07, 6.45) is 0. The minimum absolute atomic E-state index is 0.0646. The summed E-state index contributed by atoms with van der Waals surface area (Å²) in [5, 5.41) is 0. The zero-order valence-electron chi connectivity index (χ0n) is 7.02. The van der Waals surface area contributed by atoms with Crippen LogP contribution in [0.15, 0.2) is 12.1 Å². The quantitative estimate of drug-likeness (QED) is 0.486. The summed E-state index contributed by atoms with van der Waals surface area (Å²) >= 11 is 2.09. The van der Waals surface area contributed by atoms with Gasteiger partial charge in [0.15, 0.2) is 5.78 Å². The van der Waals surface area contributed by atoms with Gasteiger partial charge >= 0.3 is 0 Å². The fourth-order valence-corrected chi connectivity index (χ4v) is 1.74. The molecule has 2 nitrogen and oxygen atoms in total. The van der Waals surface area contributed by atoms with Gasteiger partial charge in [-0.3, -0.25) is 4.79 Å². The second-order valence-electron chi connectivity index (χ2n) is 2.77. The summed E-state index contributed by atoms with van der Waals surface area (Å²) in [6, 6.07) is 3.73. The average Bonchev–Trinajstić information content (AvgIpc) is 1.96. The number of halogens is 1. The Hall–Kier alpha value is -0.580. The van der Waals surface area contributed by atoms with Crippen molar-refractivity contribution in [2.24, 2.45) is 0 Å². The topological polar surface area (TPSA) is 43.1 Å². The summed E-state index contributed by atoms with van der Waals surface area (Å²) in [4.78, 5) is 11.1. The van der Waals surface area contributed by atoms with E-state index in [1.165, 1.54) is 0 Å². The maximum Gasteiger partial charge on any atom is 0.160 e. The molecule has 1 rings (SSSR count). The van der Waals surface area contributed by atoms with Crippen LogP contribution in [0, 0.1) is 10.5 Å². The number of aryl methyl sites for hydroxylation is 1. The maximum atomic E-state index is 11.1. The lowest BCUT2D eigenvalue weighted by Gasteiger charge is -2.05. The van der Waals surface area contributed by atoms with Crippen LogP contribution in [0.3, 0.4) is 0 Å². The van der Waals surface area contributed by atoms with Crippen molar-refractivity contribution >= 4 is 34.1 Å². The first-order valence-electron chi connectivity index (χ1n) is 3.59. The molecular weight excluding hydrogens is 265 g/mol. The highest BCUT2D eigenvalue weighted by atomic mass is 127. The number of nitrogen functional groups attached to an aromatic ring is 1. The van der Waals surface area contributed by atoms with E-state index in [1.807, 2.05) is 19.1 Å². The SMILES string of the molecule is CC(=O)c1cc(C)cc(N)c1I. The Kier molecular flexibility index (Phi) is 2.72. The number of rotatable bonds is 1. The molecule has 1 aromatic carbocycles. The van der Waals surface area contributed by atoms with Crippen molar-refractivity contribution in [3.05, 3.63) is 26.8 Å². The predicted octanol–water partition coefficient (Wildman–Crippen LogP) is 2.38. The molecule has 0 fully saturated rings. The minimum Gasteiger partial charge on any atom is -0.398 e. The number of carbonyl (C=O) groups is 1. The summed E-state index contributed by atoms with van der Waals surface area (Å²) in [7, 11) is 0. The molecule has 3 heteroatoms. The van der Waals surface area contributed by atoms with Crippen LogP contribution in [0.1, 0.15) is 22.8 Å². The Morgan fingerprint density at radius 2 is 2.08 bits per heavy atom. The van der Waals surface area contributed by atoms with E-state index >= 15 is 0 Å². The van der Waals surface area contributed by atoms with Crippen molar-refractivity contribution in [1.29, 1.82) is 0 Å². The highest BCUT2D eigenvalue weighted by Crippen LogP contribution is 2.21. The van der Waals surface area contributed by atoms with Crippen molar-refractivity contribution in [3.8, 4) is 0 Å². The molecule has 0 atom stereocenters. The summed E-state index contributed by atoms with van der Waals surface area (Å²) in [5.74, 6) is 0.0646. The highest BCUT2D eigenvalue weighted by molar-refractivity contribution is 14.1. The number of Topliss-reactive ketones (excluding diaryl/α,β-unsaturated/α-hetero) is 1. The smallest absolute Gasteiger partial charge is 0.160 e. The van der Waals surface area contributed by atoms with E-state index < -0.39 is 0 Å². The zero-order valence-corrected chi connectivity index (χ0v) is 9.18. The fourth-order valence-electron chi connectivity index (χ4n) is 1.05. The molecular formula is C9H10INO. The second kappa shape index (κ2) is 3.43. The average molecular weight is 275 g/mol. The van der Waals surface area contributed by atoms with Gasteiger partial charge in [-0.05, 0) is 54.1 Å². The number of ketones is 1. The monoisotopic (exact) mass is 275 g/mol. The first-order valence-corrected chi connectivity index (χ1v) is 4.67. The van der Waals surface area contributed by atoms with Crippen molar-refractivity contribution < 1.29 is 4.79 Å². The molecule has 0 bridgehead atoms. The number of hydrogen-bond acceptors (Lipinski definition) is 2. The van der Waals surface area contributed by atoms with E-state index in [1.54, 1.807) is 6.92 Å². The van der Waals surface area contributed by atoms with Crippen LogP contribution in [-0.2, 0) is 0 Å². The largest absolute Gasteiger partial charge is 0.398 e. The third kappa shape index (κ3) is 1.77. The van der Waals surface area contributed by atoms with E-state index in [2.05, 4.69) is 22.6 Å². The van der Waals surface area contributed by atoms with E-state index in [4.69, 9.17) is 5.73 Å². The van der Waals surface area contributed by atoms with E-state index in [-0.39, 0.29) is 5.78 Å². The van der Waals surface area contributed by atoms with Gasteiger partial charge in [0.2, 0.25) is 0 Å². The molecule has 0 saturated carbocycles. The molecule has 0 heterocycles. The Balaban J connectivity index is 3.37. The van der Waals surface area contributed by atoms with E-state index in [0.29, 0.717) is 11.3 Å². The van der Waals surface area contributed by atoms with Crippen LogP contribution in [0.25, 0.3) is 0 Å². The molecule has 0 spiro atoms. The molecule has 64 valence electrons. The summed E-state index contributed by atoms with van der Waals surface area (Å²) in [5.41, 5.74) is 8.12. The molecule has 1 aromatic rings. The fraction of sp³-hybridized carbons (Fsp3) is 0.222. The molecule has 2 N–H and O–H groups in total. The predicted molar refractivity (Wildman–Crippen MR) is 58.3 cm³/mol. The molecule has 0 aliphatic rings. The van der Waals surface area contributed by atoms with Crippen molar-refractivity contribution in [1.82, 2.24) is 0 Å². The molecule has 0 radical (unpaired) electrons. The van der Waals surface area contributed by atoms with Gasteiger partial charge in [0.25, 0.3) is 0 Å². The number of anilines is 1. The third-order valence-electron chi connectivity index (χ3n) is 1.62. The molecule has 0 aliphatic carbocycles. The van der Waals surface area contributed by atoms with Crippen LogP contribution in [0.2, 0.25) is 0 Å². The van der Waals surface area contributed by atoms with Crippen LogP contribution in [0.5, 0.6) is 0 Å². The van der Waals surface area contributed by atoms with Crippen LogP contribution < -0.4 is 5.73 Å². The van der Waals surface area contributed by atoms with Gasteiger partial charge in [-0.2, -0.15) is 0 Å². The Morgan fingerprint density at radius 1 is 1.50 bits per heavy atom. The third-order valence-corrected chi connectivity index (χ3v) is 2.83. The first-order chi connectivity index (χ1) is 5.52. The Bertz CT molecular complexity index is 334. The van der Waals surface area contributed by atoms with Crippen LogP contribution in [0.4, 0.5) is 5.69 Å². The molecule has 12 heavy (non-hydrogen) atoms. The lowest BCUT2D eigenvalue weighted by Crippen LogP contribution is -2.01. The van der Waals surface area contributed by atoms with Gasteiger partial charge in [-0.25, -0.2) is 0 Å². The van der Waals surface area contributed by atoms with E-state index in [9.17, 15) is 4.79 Å². The van der Waals surface area contributed by atoms with Gasteiger partial charge in [-0.15, -0.1) is 0 Å². The zero-order chi connectivity index (χ0) is 9.30. The normalized spacial score (nSPS) is 9.92. The molecule has 0 amide bonds. The van der Waals surface area contributed by atoms with Crippen LogP contribution in [-0.4, -0.2) is 5.78 Å².